The molecule has 0 spiro atoms. The van der Waals surface area contributed by atoms with E-state index < -0.39 is 5.92 Å². The van der Waals surface area contributed by atoms with E-state index in [1.54, 1.807) is 5.06 Å². The fourth-order valence-electron chi connectivity index (χ4n) is 3.50. The molecule has 3 nitrogen and oxygen atoms in total. The summed E-state index contributed by atoms with van der Waals surface area (Å²) in [4.78, 5) is 18.6. The smallest absolute Gasteiger partial charge is 0.339 e. The van der Waals surface area contributed by atoms with E-state index in [0.29, 0.717) is 5.02 Å². The zero-order valence-corrected chi connectivity index (χ0v) is 15.1. The number of nitrogens with zero attached hydrogens (tertiary/aromatic N) is 1. The Labute approximate surface area is 157 Å². The largest absolute Gasteiger partial charge is 0.342 e. The van der Waals surface area contributed by atoms with E-state index in [1.807, 2.05) is 85.8 Å². The maximum absolute atomic E-state index is 12.8. The Balaban J connectivity index is 1.85. The molecule has 1 aliphatic rings. The number of hydroxylamine groups is 1. The second-order valence-corrected chi connectivity index (χ2v) is 6.85. The standard InChI is InChI=1S/C22H18ClNO2/c1-15-14-18(23)12-13-19(15)24-21(17-10-6-3-7-11-17)20(22(25)26-24)16-8-4-2-5-9-16/h2-14,20-21H,1H3. The lowest BCUT2D eigenvalue weighted by Crippen LogP contribution is -2.24. The molecule has 2 atom stereocenters. The van der Waals surface area contributed by atoms with E-state index in [4.69, 9.17) is 16.4 Å². The van der Waals surface area contributed by atoms with Gasteiger partial charge < -0.3 is 4.84 Å². The lowest BCUT2D eigenvalue weighted by atomic mass is 9.87. The van der Waals surface area contributed by atoms with Crippen molar-refractivity contribution in [2.24, 2.45) is 0 Å². The van der Waals surface area contributed by atoms with Crippen LogP contribution in [0.25, 0.3) is 0 Å². The highest BCUT2D eigenvalue weighted by molar-refractivity contribution is 6.30. The van der Waals surface area contributed by atoms with Crippen molar-refractivity contribution in [3.8, 4) is 0 Å². The van der Waals surface area contributed by atoms with Gasteiger partial charge in [-0.1, -0.05) is 72.3 Å². The molecule has 1 saturated heterocycles. The minimum atomic E-state index is -0.395. The summed E-state index contributed by atoms with van der Waals surface area (Å²) in [6, 6.07) is 25.1. The number of rotatable bonds is 3. The third-order valence-corrected chi connectivity index (χ3v) is 4.94. The van der Waals surface area contributed by atoms with Crippen LogP contribution in [0.15, 0.2) is 78.9 Å². The summed E-state index contributed by atoms with van der Waals surface area (Å²) in [6.45, 7) is 1.97. The summed E-state index contributed by atoms with van der Waals surface area (Å²) in [7, 11) is 0. The third kappa shape index (κ3) is 2.95. The predicted molar refractivity (Wildman–Crippen MR) is 103 cm³/mol. The van der Waals surface area contributed by atoms with Gasteiger partial charge in [-0.3, -0.25) is 0 Å². The van der Waals surface area contributed by atoms with Crippen LogP contribution in [0.1, 0.15) is 28.7 Å². The molecule has 2 unspecified atom stereocenters. The van der Waals surface area contributed by atoms with E-state index in [1.165, 1.54) is 0 Å². The highest BCUT2D eigenvalue weighted by Crippen LogP contribution is 2.45. The molecule has 4 heteroatoms. The van der Waals surface area contributed by atoms with Crippen molar-refractivity contribution in [1.29, 1.82) is 0 Å². The van der Waals surface area contributed by atoms with Gasteiger partial charge in [-0.25, -0.2) is 4.79 Å². The second-order valence-electron chi connectivity index (χ2n) is 6.41. The Morgan fingerprint density at radius 2 is 1.50 bits per heavy atom. The van der Waals surface area contributed by atoms with Crippen LogP contribution in [0, 0.1) is 6.92 Å². The molecule has 3 aromatic carbocycles. The van der Waals surface area contributed by atoms with Gasteiger partial charge in [0.2, 0.25) is 0 Å². The topological polar surface area (TPSA) is 29.5 Å². The van der Waals surface area contributed by atoms with Gasteiger partial charge in [0.05, 0.1) is 5.69 Å². The summed E-state index contributed by atoms with van der Waals surface area (Å²) in [6.07, 6.45) is 0. The molecule has 3 aromatic rings. The van der Waals surface area contributed by atoms with Crippen molar-refractivity contribution in [3.05, 3.63) is 101 Å². The fourth-order valence-corrected chi connectivity index (χ4v) is 3.72. The molecular weight excluding hydrogens is 346 g/mol. The normalized spacial score (nSPS) is 19.5. The van der Waals surface area contributed by atoms with Crippen LogP contribution in [-0.4, -0.2) is 5.97 Å². The number of carbonyl (C=O) groups excluding carboxylic acids is 1. The molecule has 26 heavy (non-hydrogen) atoms. The number of halogens is 1. The van der Waals surface area contributed by atoms with Crippen molar-refractivity contribution in [2.45, 2.75) is 18.9 Å². The Hall–Kier alpha value is -2.78. The van der Waals surface area contributed by atoms with E-state index in [0.717, 1.165) is 22.4 Å². The van der Waals surface area contributed by atoms with Crippen molar-refractivity contribution >= 4 is 23.3 Å². The van der Waals surface area contributed by atoms with Crippen molar-refractivity contribution in [1.82, 2.24) is 0 Å². The molecule has 0 radical (unpaired) electrons. The number of hydrogen-bond acceptors (Lipinski definition) is 3. The van der Waals surface area contributed by atoms with Gasteiger partial charge in [-0.05, 0) is 41.8 Å². The molecule has 4 rings (SSSR count). The molecule has 0 amide bonds. The van der Waals surface area contributed by atoms with E-state index in [2.05, 4.69) is 0 Å². The van der Waals surface area contributed by atoms with Crippen LogP contribution in [0.4, 0.5) is 5.69 Å². The Morgan fingerprint density at radius 1 is 0.885 bits per heavy atom. The second kappa shape index (κ2) is 6.85. The molecule has 1 fully saturated rings. The molecule has 130 valence electrons. The first-order valence-corrected chi connectivity index (χ1v) is 8.90. The zero-order chi connectivity index (χ0) is 18.1. The van der Waals surface area contributed by atoms with E-state index >= 15 is 0 Å². The molecule has 0 saturated carbocycles. The highest BCUT2D eigenvalue weighted by atomic mass is 35.5. The molecule has 1 aliphatic heterocycles. The van der Waals surface area contributed by atoms with Crippen LogP contribution in [0.2, 0.25) is 5.02 Å². The maximum atomic E-state index is 12.8. The third-order valence-electron chi connectivity index (χ3n) is 4.71. The SMILES string of the molecule is Cc1cc(Cl)ccc1N1OC(=O)C(c2ccccc2)C1c1ccccc1. The molecule has 0 aromatic heterocycles. The van der Waals surface area contributed by atoms with Gasteiger partial charge in [0, 0.05) is 5.02 Å². The van der Waals surface area contributed by atoms with Crippen molar-refractivity contribution in [3.63, 3.8) is 0 Å². The summed E-state index contributed by atoms with van der Waals surface area (Å²) < 4.78 is 0. The monoisotopic (exact) mass is 363 g/mol. The average molecular weight is 364 g/mol. The number of anilines is 1. The first-order valence-electron chi connectivity index (χ1n) is 8.52. The molecule has 0 bridgehead atoms. The van der Waals surface area contributed by atoms with Gasteiger partial charge in [-0.15, -0.1) is 0 Å². The average Bonchev–Trinajstić information content (AvgIpc) is 3.00. The maximum Gasteiger partial charge on any atom is 0.342 e. The van der Waals surface area contributed by atoms with Gasteiger partial charge >= 0.3 is 5.97 Å². The minimum absolute atomic E-state index is 0.244. The number of carbonyl (C=O) groups is 1. The number of hydrogen-bond donors (Lipinski definition) is 0. The number of aryl methyl sites for hydroxylation is 1. The Morgan fingerprint density at radius 3 is 2.12 bits per heavy atom. The van der Waals surface area contributed by atoms with Gasteiger partial charge in [0.25, 0.3) is 0 Å². The number of benzene rings is 3. The van der Waals surface area contributed by atoms with Crippen LogP contribution in [0.5, 0.6) is 0 Å². The first-order chi connectivity index (χ1) is 12.6. The molecule has 1 heterocycles. The van der Waals surface area contributed by atoms with Crippen LogP contribution in [0.3, 0.4) is 0 Å². The Kier molecular flexibility index (Phi) is 4.39. The summed E-state index contributed by atoms with van der Waals surface area (Å²) >= 11 is 6.10. The highest BCUT2D eigenvalue weighted by Gasteiger charge is 2.45. The summed E-state index contributed by atoms with van der Waals surface area (Å²) in [5.74, 6) is -0.645. The summed E-state index contributed by atoms with van der Waals surface area (Å²) in [5, 5.41) is 2.38. The van der Waals surface area contributed by atoms with Crippen molar-refractivity contribution in [2.75, 3.05) is 5.06 Å². The van der Waals surface area contributed by atoms with Gasteiger partial charge in [0.15, 0.2) is 0 Å². The fraction of sp³-hybridized carbons (Fsp3) is 0.136. The van der Waals surface area contributed by atoms with E-state index in [-0.39, 0.29) is 12.0 Å². The molecular formula is C22H18ClNO2. The molecule has 0 N–H and O–H groups in total. The van der Waals surface area contributed by atoms with Gasteiger partial charge in [-0.2, -0.15) is 5.06 Å². The lowest BCUT2D eigenvalue weighted by Gasteiger charge is -2.27. The van der Waals surface area contributed by atoms with Crippen molar-refractivity contribution < 1.29 is 9.63 Å². The predicted octanol–water partition coefficient (Wildman–Crippen LogP) is 5.45. The van der Waals surface area contributed by atoms with Crippen LogP contribution < -0.4 is 5.06 Å². The van der Waals surface area contributed by atoms with E-state index in [9.17, 15) is 4.79 Å². The first kappa shape index (κ1) is 16.7. The van der Waals surface area contributed by atoms with Crippen LogP contribution in [-0.2, 0) is 9.63 Å². The Bertz CT molecular complexity index is 927. The zero-order valence-electron chi connectivity index (χ0n) is 14.3. The lowest BCUT2D eigenvalue weighted by molar-refractivity contribution is -0.140. The quantitative estimate of drug-likeness (QED) is 0.619. The van der Waals surface area contributed by atoms with Gasteiger partial charge in [0.1, 0.15) is 12.0 Å². The molecule has 0 aliphatic carbocycles. The van der Waals surface area contributed by atoms with Crippen LogP contribution >= 0.6 is 11.6 Å². The minimum Gasteiger partial charge on any atom is -0.339 e. The summed E-state index contributed by atoms with van der Waals surface area (Å²) in [5.41, 5.74) is 3.77.